The molecule has 144 valence electrons. The van der Waals surface area contributed by atoms with Gasteiger partial charge in [0.25, 0.3) is 0 Å². The zero-order chi connectivity index (χ0) is 19.9. The topological polar surface area (TPSA) is 53.9 Å². The van der Waals surface area contributed by atoms with Gasteiger partial charge in [-0.05, 0) is 17.7 Å². The minimum absolute atomic E-state index is 0.570. The van der Waals surface area contributed by atoms with Crippen LogP contribution in [0.4, 0.5) is 11.8 Å². The number of nitrogens with zero attached hydrogens (tertiary/aromatic N) is 4. The summed E-state index contributed by atoms with van der Waals surface area (Å²) in [6.45, 7) is 1.34. The summed E-state index contributed by atoms with van der Waals surface area (Å²) in [6, 6.07) is 28.4. The van der Waals surface area contributed by atoms with Crippen LogP contribution in [0.1, 0.15) is 11.3 Å². The standard InChI is InChI=1S/C24H23N5/c1-29(18-19-10-4-2-5-11-19)23-16-22(20-12-6-3-7-13-20)27-24(28-23)26-17-21-14-8-9-15-25-21/h2-16H,17-18H2,1H3,(H,26,27,28). The minimum Gasteiger partial charge on any atom is -0.355 e. The lowest BCUT2D eigenvalue weighted by Gasteiger charge is -2.20. The Bertz CT molecular complexity index is 1040. The molecular weight excluding hydrogens is 358 g/mol. The summed E-state index contributed by atoms with van der Waals surface area (Å²) in [5.41, 5.74) is 4.13. The summed E-state index contributed by atoms with van der Waals surface area (Å²) >= 11 is 0. The Morgan fingerprint density at radius 3 is 2.28 bits per heavy atom. The number of hydrogen-bond acceptors (Lipinski definition) is 5. The van der Waals surface area contributed by atoms with Gasteiger partial charge < -0.3 is 10.2 Å². The van der Waals surface area contributed by atoms with E-state index in [2.05, 4.69) is 51.6 Å². The molecule has 0 fully saturated rings. The van der Waals surface area contributed by atoms with Gasteiger partial charge in [0.1, 0.15) is 5.82 Å². The van der Waals surface area contributed by atoms with Crippen molar-refractivity contribution in [2.75, 3.05) is 17.3 Å². The normalized spacial score (nSPS) is 10.5. The summed E-state index contributed by atoms with van der Waals surface area (Å²) in [6.07, 6.45) is 1.79. The molecule has 0 aliphatic rings. The number of anilines is 2. The Kier molecular flexibility index (Phi) is 5.76. The number of benzene rings is 2. The molecule has 29 heavy (non-hydrogen) atoms. The van der Waals surface area contributed by atoms with Crippen molar-refractivity contribution >= 4 is 11.8 Å². The molecule has 2 aromatic carbocycles. The Labute approximate surface area is 171 Å². The van der Waals surface area contributed by atoms with Gasteiger partial charge in [0.15, 0.2) is 0 Å². The van der Waals surface area contributed by atoms with Crippen LogP contribution in [0.25, 0.3) is 11.3 Å². The molecule has 5 heteroatoms. The van der Waals surface area contributed by atoms with Gasteiger partial charge in [-0.2, -0.15) is 4.98 Å². The molecule has 5 nitrogen and oxygen atoms in total. The van der Waals surface area contributed by atoms with Crippen LogP contribution in [-0.2, 0) is 13.1 Å². The van der Waals surface area contributed by atoms with E-state index in [0.717, 1.165) is 29.3 Å². The maximum absolute atomic E-state index is 4.75. The van der Waals surface area contributed by atoms with Gasteiger partial charge in [0.05, 0.1) is 17.9 Å². The average molecular weight is 381 g/mol. The maximum Gasteiger partial charge on any atom is 0.225 e. The van der Waals surface area contributed by atoms with Crippen molar-refractivity contribution in [2.24, 2.45) is 0 Å². The number of rotatable bonds is 7. The van der Waals surface area contributed by atoms with Gasteiger partial charge >= 0.3 is 0 Å². The highest BCUT2D eigenvalue weighted by Crippen LogP contribution is 2.24. The fourth-order valence-corrected chi connectivity index (χ4v) is 3.08. The second-order valence-corrected chi connectivity index (χ2v) is 6.82. The summed E-state index contributed by atoms with van der Waals surface area (Å²) in [5.74, 6) is 1.46. The Morgan fingerprint density at radius 2 is 1.55 bits per heavy atom. The van der Waals surface area contributed by atoms with Gasteiger partial charge in [-0.3, -0.25) is 4.98 Å². The summed E-state index contributed by atoms with van der Waals surface area (Å²) in [5, 5.41) is 3.32. The van der Waals surface area contributed by atoms with Crippen LogP contribution in [0, 0.1) is 0 Å². The SMILES string of the molecule is CN(Cc1ccccc1)c1cc(-c2ccccc2)nc(NCc2ccccn2)n1. The zero-order valence-corrected chi connectivity index (χ0v) is 16.4. The van der Waals surface area contributed by atoms with E-state index in [0.29, 0.717) is 12.5 Å². The first-order valence-corrected chi connectivity index (χ1v) is 9.61. The summed E-state index contributed by atoms with van der Waals surface area (Å²) in [4.78, 5) is 16.0. The molecule has 4 aromatic rings. The highest BCUT2D eigenvalue weighted by atomic mass is 15.2. The first-order valence-electron chi connectivity index (χ1n) is 9.61. The molecule has 2 aromatic heterocycles. The van der Waals surface area contributed by atoms with Crippen molar-refractivity contribution in [3.63, 3.8) is 0 Å². The summed E-state index contributed by atoms with van der Waals surface area (Å²) < 4.78 is 0. The monoisotopic (exact) mass is 381 g/mol. The van der Waals surface area contributed by atoms with Gasteiger partial charge in [-0.15, -0.1) is 0 Å². The van der Waals surface area contributed by atoms with E-state index in [4.69, 9.17) is 9.97 Å². The van der Waals surface area contributed by atoms with E-state index in [-0.39, 0.29) is 0 Å². The van der Waals surface area contributed by atoms with Crippen molar-refractivity contribution in [3.8, 4) is 11.3 Å². The number of nitrogens with one attached hydrogen (secondary N) is 1. The van der Waals surface area contributed by atoms with Gasteiger partial charge in [-0.1, -0.05) is 66.7 Å². The Morgan fingerprint density at radius 1 is 0.828 bits per heavy atom. The quantitative estimate of drug-likeness (QED) is 0.499. The van der Waals surface area contributed by atoms with Gasteiger partial charge in [-0.25, -0.2) is 4.98 Å². The first kappa shape index (κ1) is 18.6. The van der Waals surface area contributed by atoms with E-state index in [1.165, 1.54) is 5.56 Å². The molecule has 0 radical (unpaired) electrons. The Hall–Kier alpha value is -3.73. The third-order valence-electron chi connectivity index (χ3n) is 4.59. The lowest BCUT2D eigenvalue weighted by molar-refractivity contribution is 0.888. The second kappa shape index (κ2) is 8.97. The van der Waals surface area contributed by atoms with Crippen molar-refractivity contribution in [1.82, 2.24) is 15.0 Å². The first-order chi connectivity index (χ1) is 14.3. The van der Waals surface area contributed by atoms with Crippen molar-refractivity contribution in [1.29, 1.82) is 0 Å². The van der Waals surface area contributed by atoms with Crippen molar-refractivity contribution in [3.05, 3.63) is 102 Å². The van der Waals surface area contributed by atoms with E-state index in [9.17, 15) is 0 Å². The fourth-order valence-electron chi connectivity index (χ4n) is 3.08. The molecule has 0 amide bonds. The molecular formula is C24H23N5. The molecule has 0 saturated carbocycles. The third kappa shape index (κ3) is 4.96. The van der Waals surface area contributed by atoms with Crippen LogP contribution >= 0.6 is 0 Å². The number of hydrogen-bond donors (Lipinski definition) is 1. The molecule has 2 heterocycles. The lowest BCUT2D eigenvalue weighted by Crippen LogP contribution is -2.19. The van der Waals surface area contributed by atoms with Crippen LogP contribution in [0.3, 0.4) is 0 Å². The average Bonchev–Trinajstić information content (AvgIpc) is 2.79. The van der Waals surface area contributed by atoms with Crippen molar-refractivity contribution in [2.45, 2.75) is 13.1 Å². The van der Waals surface area contributed by atoms with Crippen LogP contribution in [0.2, 0.25) is 0 Å². The maximum atomic E-state index is 4.75. The largest absolute Gasteiger partial charge is 0.355 e. The van der Waals surface area contributed by atoms with Crippen molar-refractivity contribution < 1.29 is 0 Å². The Balaban J connectivity index is 1.62. The number of pyridine rings is 1. The van der Waals surface area contributed by atoms with Gasteiger partial charge in [0, 0.05) is 31.4 Å². The van der Waals surface area contributed by atoms with Crippen LogP contribution in [0.5, 0.6) is 0 Å². The molecule has 0 unspecified atom stereocenters. The van der Waals surface area contributed by atoms with Crippen LogP contribution in [0.15, 0.2) is 91.1 Å². The van der Waals surface area contributed by atoms with E-state index in [1.807, 2.05) is 55.6 Å². The highest BCUT2D eigenvalue weighted by Gasteiger charge is 2.11. The molecule has 1 N–H and O–H groups in total. The molecule has 0 saturated heterocycles. The molecule has 0 bridgehead atoms. The predicted molar refractivity (Wildman–Crippen MR) is 118 cm³/mol. The van der Waals surface area contributed by atoms with E-state index in [1.54, 1.807) is 6.20 Å². The molecule has 0 aliphatic carbocycles. The fraction of sp³-hybridized carbons (Fsp3) is 0.125. The molecule has 0 spiro atoms. The molecule has 0 aliphatic heterocycles. The minimum atomic E-state index is 0.570. The van der Waals surface area contributed by atoms with E-state index < -0.39 is 0 Å². The van der Waals surface area contributed by atoms with Crippen LogP contribution in [-0.4, -0.2) is 22.0 Å². The van der Waals surface area contributed by atoms with E-state index >= 15 is 0 Å². The molecule has 0 atom stereocenters. The highest BCUT2D eigenvalue weighted by molar-refractivity contribution is 5.64. The lowest BCUT2D eigenvalue weighted by atomic mass is 10.1. The second-order valence-electron chi connectivity index (χ2n) is 6.82. The molecule has 4 rings (SSSR count). The summed E-state index contributed by atoms with van der Waals surface area (Å²) in [7, 11) is 2.05. The number of aromatic nitrogens is 3. The van der Waals surface area contributed by atoms with Gasteiger partial charge in [0.2, 0.25) is 5.95 Å². The third-order valence-corrected chi connectivity index (χ3v) is 4.59. The predicted octanol–water partition coefficient (Wildman–Crippen LogP) is 4.79. The zero-order valence-electron chi connectivity index (χ0n) is 16.4. The van der Waals surface area contributed by atoms with Crippen LogP contribution < -0.4 is 10.2 Å². The smallest absolute Gasteiger partial charge is 0.225 e.